The second-order valence-corrected chi connectivity index (χ2v) is 7.44. The van der Waals surface area contributed by atoms with Crippen LogP contribution in [-0.4, -0.2) is 41.5 Å². The molecular weight excluding hydrogens is 453 g/mol. The van der Waals surface area contributed by atoms with E-state index in [0.717, 1.165) is 24.3 Å². The molecule has 0 saturated carbocycles. The zero-order valence-electron chi connectivity index (χ0n) is 17.2. The fourth-order valence-electron chi connectivity index (χ4n) is 3.44. The van der Waals surface area contributed by atoms with Gasteiger partial charge in [-0.15, -0.1) is 0 Å². The van der Waals surface area contributed by atoms with Gasteiger partial charge in [-0.05, 0) is 24.3 Å². The quantitative estimate of drug-likeness (QED) is 0.356. The average molecular weight is 473 g/mol. The van der Waals surface area contributed by atoms with Crippen molar-refractivity contribution >= 4 is 17.3 Å². The second-order valence-electron chi connectivity index (χ2n) is 7.44. The Balaban J connectivity index is 1.49. The van der Waals surface area contributed by atoms with Gasteiger partial charge in [-0.2, -0.15) is 13.2 Å². The van der Waals surface area contributed by atoms with E-state index in [1.165, 1.54) is 6.07 Å². The number of nitrogens with one attached hydrogen (secondary N) is 1. The Morgan fingerprint density at radius 3 is 2.45 bits per heavy atom. The minimum Gasteiger partial charge on any atom is -0.487 e. The molecule has 1 amide bonds. The van der Waals surface area contributed by atoms with Gasteiger partial charge in [-0.25, -0.2) is 8.78 Å². The highest BCUT2D eigenvalue weighted by Gasteiger charge is 2.33. The molecule has 33 heavy (non-hydrogen) atoms. The minimum absolute atomic E-state index is 0.0116. The molecule has 0 bridgehead atoms. The Hall–Kier alpha value is -3.44. The van der Waals surface area contributed by atoms with E-state index >= 15 is 0 Å². The Morgan fingerprint density at radius 1 is 1.15 bits per heavy atom. The van der Waals surface area contributed by atoms with E-state index in [1.54, 1.807) is 4.90 Å². The van der Waals surface area contributed by atoms with E-state index in [-0.39, 0.29) is 36.4 Å². The lowest BCUT2D eigenvalue weighted by molar-refractivity contribution is -0.384. The summed E-state index contributed by atoms with van der Waals surface area (Å²) in [7, 11) is 0. The molecule has 1 fully saturated rings. The summed E-state index contributed by atoms with van der Waals surface area (Å²) in [6.45, 7) is 0.668. The Morgan fingerprint density at radius 2 is 1.85 bits per heavy atom. The number of anilines is 1. The molecule has 2 aromatic carbocycles. The number of nitro benzene ring substituents is 1. The van der Waals surface area contributed by atoms with Crippen LogP contribution in [0.1, 0.15) is 24.8 Å². The van der Waals surface area contributed by atoms with Crippen LogP contribution >= 0.6 is 0 Å². The molecule has 0 atom stereocenters. The summed E-state index contributed by atoms with van der Waals surface area (Å²) >= 11 is 0. The van der Waals surface area contributed by atoms with Crippen LogP contribution in [0.25, 0.3) is 0 Å². The average Bonchev–Trinajstić information content (AvgIpc) is 2.75. The van der Waals surface area contributed by atoms with Crippen molar-refractivity contribution in [2.24, 2.45) is 0 Å². The van der Waals surface area contributed by atoms with Crippen LogP contribution < -0.4 is 10.1 Å². The number of nitro groups is 1. The Kier molecular flexibility index (Phi) is 7.34. The zero-order chi connectivity index (χ0) is 24.2. The maximum absolute atomic E-state index is 13.7. The third kappa shape index (κ3) is 6.30. The number of benzene rings is 2. The molecular formula is C21H20F5N3O4. The van der Waals surface area contributed by atoms with Gasteiger partial charge >= 0.3 is 6.18 Å². The number of hydrogen-bond donors (Lipinski definition) is 1. The maximum Gasteiger partial charge on any atom is 0.416 e. The van der Waals surface area contributed by atoms with Crippen LogP contribution in [0.15, 0.2) is 36.4 Å². The molecule has 0 spiro atoms. The highest BCUT2D eigenvalue weighted by Crippen LogP contribution is 2.35. The summed E-state index contributed by atoms with van der Waals surface area (Å²) in [5, 5.41) is 13.8. The van der Waals surface area contributed by atoms with Crippen molar-refractivity contribution in [2.45, 2.75) is 31.5 Å². The molecule has 3 rings (SSSR count). The largest absolute Gasteiger partial charge is 0.487 e. The molecule has 0 aliphatic carbocycles. The Bertz CT molecular complexity index is 1020. The van der Waals surface area contributed by atoms with Gasteiger partial charge < -0.3 is 15.0 Å². The van der Waals surface area contributed by atoms with Crippen molar-refractivity contribution < 1.29 is 36.4 Å². The van der Waals surface area contributed by atoms with Crippen molar-refractivity contribution in [2.75, 3.05) is 25.0 Å². The first-order chi connectivity index (χ1) is 15.5. The molecule has 0 radical (unpaired) electrons. The van der Waals surface area contributed by atoms with Crippen molar-refractivity contribution in [3.05, 3.63) is 63.7 Å². The first kappa shape index (κ1) is 24.2. The second kappa shape index (κ2) is 10.0. The van der Waals surface area contributed by atoms with Crippen molar-refractivity contribution in [3.63, 3.8) is 0 Å². The van der Waals surface area contributed by atoms with Gasteiger partial charge in [0.2, 0.25) is 5.91 Å². The first-order valence-electron chi connectivity index (χ1n) is 10.0. The normalized spacial score (nSPS) is 14.8. The van der Waals surface area contributed by atoms with Crippen molar-refractivity contribution in [1.29, 1.82) is 0 Å². The smallest absolute Gasteiger partial charge is 0.416 e. The number of amides is 1. The standard InChI is InChI=1S/C21H20F5N3O4/c22-14-2-4-19(16(23)12-14)33-15-6-9-28(10-7-15)20(30)5-8-27-17-3-1-13(21(24,25)26)11-18(17)29(31)32/h1-4,11-12,15,27H,5-10H2. The van der Waals surface area contributed by atoms with Crippen LogP contribution in [0.2, 0.25) is 0 Å². The van der Waals surface area contributed by atoms with Gasteiger partial charge in [0.05, 0.1) is 10.5 Å². The summed E-state index contributed by atoms with van der Waals surface area (Å²) in [6.07, 6.45) is -4.23. The third-order valence-corrected chi connectivity index (χ3v) is 5.16. The van der Waals surface area contributed by atoms with Crippen LogP contribution in [0.5, 0.6) is 5.75 Å². The minimum atomic E-state index is -4.71. The molecule has 7 nitrogen and oxygen atoms in total. The van der Waals surface area contributed by atoms with Gasteiger partial charge in [0.25, 0.3) is 5.69 Å². The van der Waals surface area contributed by atoms with E-state index in [0.29, 0.717) is 32.0 Å². The number of alkyl halides is 3. The van der Waals surface area contributed by atoms with E-state index < -0.39 is 34.0 Å². The third-order valence-electron chi connectivity index (χ3n) is 5.16. The number of carbonyl (C=O) groups is 1. The number of hydrogen-bond acceptors (Lipinski definition) is 5. The molecule has 1 aliphatic heterocycles. The molecule has 1 aliphatic rings. The van der Waals surface area contributed by atoms with E-state index in [4.69, 9.17) is 4.74 Å². The Labute approximate surface area is 185 Å². The van der Waals surface area contributed by atoms with Gasteiger partial charge in [-0.3, -0.25) is 14.9 Å². The maximum atomic E-state index is 13.7. The predicted molar refractivity (Wildman–Crippen MR) is 108 cm³/mol. The van der Waals surface area contributed by atoms with Crippen LogP contribution in [0.3, 0.4) is 0 Å². The molecule has 12 heteroatoms. The molecule has 0 unspecified atom stereocenters. The van der Waals surface area contributed by atoms with E-state index in [1.807, 2.05) is 0 Å². The highest BCUT2D eigenvalue weighted by atomic mass is 19.4. The summed E-state index contributed by atoms with van der Waals surface area (Å²) < 4.78 is 70.6. The molecule has 2 aromatic rings. The zero-order valence-corrected chi connectivity index (χ0v) is 17.2. The van der Waals surface area contributed by atoms with E-state index in [9.17, 15) is 36.9 Å². The molecule has 178 valence electrons. The van der Waals surface area contributed by atoms with E-state index in [2.05, 4.69) is 5.32 Å². The number of nitrogens with zero attached hydrogens (tertiary/aromatic N) is 2. The number of halogens is 5. The lowest BCUT2D eigenvalue weighted by atomic mass is 10.1. The molecule has 1 heterocycles. The SMILES string of the molecule is O=C(CCNc1ccc(C(F)(F)F)cc1[N+](=O)[O-])N1CCC(Oc2ccc(F)cc2F)CC1. The van der Waals surface area contributed by atoms with Crippen molar-refractivity contribution in [1.82, 2.24) is 4.90 Å². The molecule has 0 aromatic heterocycles. The summed E-state index contributed by atoms with van der Waals surface area (Å²) in [4.78, 5) is 24.2. The topological polar surface area (TPSA) is 84.7 Å². The number of ether oxygens (including phenoxy) is 1. The highest BCUT2D eigenvalue weighted by molar-refractivity contribution is 5.77. The lowest BCUT2D eigenvalue weighted by Gasteiger charge is -2.32. The fraction of sp³-hybridized carbons (Fsp3) is 0.381. The molecule has 1 N–H and O–H groups in total. The van der Waals surface area contributed by atoms with Gasteiger partial charge in [0.15, 0.2) is 11.6 Å². The van der Waals surface area contributed by atoms with Crippen LogP contribution in [0, 0.1) is 21.7 Å². The number of piperidine rings is 1. The monoisotopic (exact) mass is 473 g/mol. The summed E-state index contributed by atoms with van der Waals surface area (Å²) in [6, 6.07) is 5.15. The number of carbonyl (C=O) groups excluding carboxylic acids is 1. The van der Waals surface area contributed by atoms with Gasteiger partial charge in [0.1, 0.15) is 17.6 Å². The van der Waals surface area contributed by atoms with Crippen LogP contribution in [-0.2, 0) is 11.0 Å². The van der Waals surface area contributed by atoms with Gasteiger partial charge in [-0.1, -0.05) is 0 Å². The number of rotatable bonds is 7. The predicted octanol–water partition coefficient (Wildman–Crippen LogP) is 4.76. The molecule has 1 saturated heterocycles. The fourth-order valence-corrected chi connectivity index (χ4v) is 3.44. The van der Waals surface area contributed by atoms with Crippen molar-refractivity contribution in [3.8, 4) is 5.75 Å². The summed E-state index contributed by atoms with van der Waals surface area (Å²) in [5.74, 6) is -1.83. The van der Waals surface area contributed by atoms with Crippen LogP contribution in [0.4, 0.5) is 33.3 Å². The summed E-state index contributed by atoms with van der Waals surface area (Å²) in [5.41, 5.74) is -1.99. The first-order valence-corrected chi connectivity index (χ1v) is 10.0. The van der Waals surface area contributed by atoms with Gasteiger partial charge in [0, 0.05) is 51.0 Å². The number of likely N-dealkylation sites (tertiary alicyclic amines) is 1. The lowest BCUT2D eigenvalue weighted by Crippen LogP contribution is -2.42.